The van der Waals surface area contributed by atoms with Gasteiger partial charge in [0.05, 0.1) is 17.9 Å². The van der Waals surface area contributed by atoms with Crippen LogP contribution in [0.1, 0.15) is 30.8 Å². The minimum Gasteiger partial charge on any atom is -0.478 e. The molecule has 0 amide bonds. The maximum atomic E-state index is 6.12. The lowest BCUT2D eigenvalue weighted by molar-refractivity contribution is 0.277. The molecule has 3 atom stereocenters. The van der Waals surface area contributed by atoms with Gasteiger partial charge in [0.2, 0.25) is 5.90 Å². The molecule has 31 heavy (non-hydrogen) atoms. The number of hydrogen-bond acceptors (Lipinski definition) is 3. The smallest absolute Gasteiger partial charge is 0.201 e. The molecule has 4 heteroatoms. The lowest BCUT2D eigenvalue weighted by atomic mass is 9.95. The van der Waals surface area contributed by atoms with Gasteiger partial charge in [0.1, 0.15) is 6.61 Å². The fourth-order valence-corrected chi connectivity index (χ4v) is 7.22. The minimum absolute atomic E-state index is 0.112. The third-order valence-electron chi connectivity index (χ3n) is 6.22. The van der Waals surface area contributed by atoms with Crippen LogP contribution in [0.2, 0.25) is 0 Å². The average Bonchev–Trinajstić information content (AvgIpc) is 3.31. The molecule has 1 unspecified atom stereocenters. The van der Waals surface area contributed by atoms with E-state index in [1.54, 1.807) is 0 Å². The molecule has 2 aliphatic rings. The highest BCUT2D eigenvalue weighted by atomic mass is 31.1. The van der Waals surface area contributed by atoms with Crippen LogP contribution in [0.4, 0.5) is 0 Å². The van der Waals surface area contributed by atoms with Crippen molar-refractivity contribution in [2.75, 3.05) is 6.61 Å². The van der Waals surface area contributed by atoms with Crippen LogP contribution in [0.3, 0.4) is 0 Å². The Morgan fingerprint density at radius 2 is 1.48 bits per heavy atom. The number of benzene rings is 3. The zero-order valence-electron chi connectivity index (χ0n) is 18.1. The van der Waals surface area contributed by atoms with E-state index in [9.17, 15) is 0 Å². The van der Waals surface area contributed by atoms with Crippen molar-refractivity contribution in [1.82, 2.24) is 5.32 Å². The third-order valence-corrected chi connectivity index (χ3v) is 8.87. The number of ether oxygens (including phenoxy) is 1. The maximum absolute atomic E-state index is 6.12. The Kier molecular flexibility index (Phi) is 5.89. The van der Waals surface area contributed by atoms with Gasteiger partial charge >= 0.3 is 0 Å². The van der Waals surface area contributed by atoms with Gasteiger partial charge in [0.15, 0.2) is 0 Å². The van der Waals surface area contributed by atoms with Crippen LogP contribution in [-0.2, 0) is 11.2 Å². The number of hydrogen-bond donors (Lipinski definition) is 1. The lowest BCUT2D eigenvalue weighted by Gasteiger charge is -2.38. The summed E-state index contributed by atoms with van der Waals surface area (Å²) in [5, 5.41) is 6.74. The van der Waals surface area contributed by atoms with Gasteiger partial charge in [0.25, 0.3) is 0 Å². The van der Waals surface area contributed by atoms with Gasteiger partial charge in [-0.3, -0.25) is 5.32 Å². The highest BCUT2D eigenvalue weighted by Crippen LogP contribution is 2.50. The summed E-state index contributed by atoms with van der Waals surface area (Å²) < 4.78 is 6.12. The summed E-state index contributed by atoms with van der Waals surface area (Å²) in [6.45, 7) is 5.14. The number of nitrogens with zero attached hydrogens (tertiary/aromatic N) is 1. The molecule has 0 spiro atoms. The van der Waals surface area contributed by atoms with Gasteiger partial charge < -0.3 is 4.74 Å². The van der Waals surface area contributed by atoms with E-state index >= 15 is 0 Å². The lowest BCUT2D eigenvalue weighted by Crippen LogP contribution is -2.45. The Hall–Kier alpha value is -2.48. The first-order valence-electron chi connectivity index (χ1n) is 11.1. The summed E-state index contributed by atoms with van der Waals surface area (Å²) in [7, 11) is -0.642. The third kappa shape index (κ3) is 4.18. The van der Waals surface area contributed by atoms with Crippen molar-refractivity contribution in [3.63, 3.8) is 0 Å². The van der Waals surface area contributed by atoms with E-state index in [0.29, 0.717) is 12.5 Å². The fourth-order valence-electron chi connectivity index (χ4n) is 4.48. The molecule has 3 aromatic rings. The van der Waals surface area contributed by atoms with Crippen molar-refractivity contribution in [3.05, 3.63) is 96.1 Å². The van der Waals surface area contributed by atoms with Crippen molar-refractivity contribution in [1.29, 1.82) is 0 Å². The highest BCUT2D eigenvalue weighted by Gasteiger charge is 2.37. The molecule has 2 aliphatic heterocycles. The molecule has 0 radical (unpaired) electrons. The first-order chi connectivity index (χ1) is 15.2. The minimum atomic E-state index is -0.642. The van der Waals surface area contributed by atoms with E-state index in [0.717, 1.165) is 12.3 Å². The molecule has 1 N–H and O–H groups in total. The van der Waals surface area contributed by atoms with Gasteiger partial charge in [0, 0.05) is 0 Å². The summed E-state index contributed by atoms with van der Waals surface area (Å²) in [6, 6.07) is 31.1. The molecule has 0 saturated heterocycles. The van der Waals surface area contributed by atoms with Gasteiger partial charge in [-0.2, -0.15) is 0 Å². The van der Waals surface area contributed by atoms with Crippen LogP contribution in [0, 0.1) is 5.92 Å². The molecule has 158 valence electrons. The molecule has 0 bridgehead atoms. The van der Waals surface area contributed by atoms with Gasteiger partial charge in [-0.25, -0.2) is 4.99 Å². The summed E-state index contributed by atoms with van der Waals surface area (Å²) >= 11 is 0. The molecule has 3 aromatic carbocycles. The topological polar surface area (TPSA) is 33.6 Å². The van der Waals surface area contributed by atoms with E-state index in [-0.39, 0.29) is 17.9 Å². The summed E-state index contributed by atoms with van der Waals surface area (Å²) in [5.74, 6) is 1.59. The van der Waals surface area contributed by atoms with Crippen molar-refractivity contribution < 1.29 is 4.74 Å². The summed E-state index contributed by atoms with van der Waals surface area (Å²) in [5.41, 5.74) is 2.80. The molecule has 0 aliphatic carbocycles. The number of fused-ring (bicyclic) bond motifs is 1. The first-order valence-corrected chi connectivity index (χ1v) is 12.6. The van der Waals surface area contributed by atoms with Crippen molar-refractivity contribution in [2.45, 2.75) is 38.1 Å². The monoisotopic (exact) mass is 428 g/mol. The van der Waals surface area contributed by atoms with E-state index in [2.05, 4.69) is 104 Å². The Morgan fingerprint density at radius 1 is 0.871 bits per heavy atom. The Balaban J connectivity index is 1.58. The zero-order chi connectivity index (χ0) is 21.2. The van der Waals surface area contributed by atoms with Crippen LogP contribution in [-0.4, -0.2) is 24.6 Å². The normalized spacial score (nSPS) is 22.8. The van der Waals surface area contributed by atoms with Crippen molar-refractivity contribution >= 4 is 24.4 Å². The van der Waals surface area contributed by atoms with Gasteiger partial charge in [-0.05, 0) is 42.0 Å². The fraction of sp³-hybridized carbons (Fsp3) is 0.296. The second-order valence-electron chi connectivity index (χ2n) is 8.66. The first kappa shape index (κ1) is 20.4. The molecule has 3 nitrogen and oxygen atoms in total. The van der Waals surface area contributed by atoms with Crippen LogP contribution in [0.15, 0.2) is 89.9 Å². The van der Waals surface area contributed by atoms with Crippen molar-refractivity contribution in [2.24, 2.45) is 10.9 Å². The predicted octanol–water partition coefficient (Wildman–Crippen LogP) is 4.79. The van der Waals surface area contributed by atoms with Crippen LogP contribution >= 0.6 is 7.92 Å². The average molecular weight is 429 g/mol. The summed E-state index contributed by atoms with van der Waals surface area (Å²) in [6.07, 6.45) is 0.920. The van der Waals surface area contributed by atoms with Gasteiger partial charge in [-0.1, -0.05) is 98.8 Å². The Bertz CT molecular complexity index is 1010. The Labute approximate surface area is 186 Å². The molecule has 0 aromatic heterocycles. The van der Waals surface area contributed by atoms with E-state index < -0.39 is 7.92 Å². The number of aliphatic imine (C=N–C) groups is 1. The SMILES string of the molecule is CC(C)[C@@H]1COC([C@@H]2Cc3ccccc3C(P(c3ccccc3)c3ccccc3)N2)=N1. The van der Waals surface area contributed by atoms with E-state index in [1.807, 2.05) is 0 Å². The molecular weight excluding hydrogens is 399 g/mol. The quantitative estimate of drug-likeness (QED) is 0.593. The van der Waals surface area contributed by atoms with E-state index in [4.69, 9.17) is 9.73 Å². The maximum Gasteiger partial charge on any atom is 0.201 e. The number of rotatable bonds is 5. The van der Waals surface area contributed by atoms with Crippen LogP contribution in [0.25, 0.3) is 0 Å². The van der Waals surface area contributed by atoms with Gasteiger partial charge in [-0.15, -0.1) is 0 Å². The zero-order valence-corrected chi connectivity index (χ0v) is 19.0. The molecule has 2 heterocycles. The van der Waals surface area contributed by atoms with E-state index in [1.165, 1.54) is 21.7 Å². The number of nitrogens with one attached hydrogen (secondary N) is 1. The largest absolute Gasteiger partial charge is 0.478 e. The highest BCUT2D eigenvalue weighted by molar-refractivity contribution is 7.73. The Morgan fingerprint density at radius 3 is 2.10 bits per heavy atom. The molecule has 0 fully saturated rings. The summed E-state index contributed by atoms with van der Waals surface area (Å²) in [4.78, 5) is 4.96. The van der Waals surface area contributed by atoms with Crippen LogP contribution in [0.5, 0.6) is 0 Å². The second-order valence-corrected chi connectivity index (χ2v) is 10.9. The predicted molar refractivity (Wildman–Crippen MR) is 131 cm³/mol. The standard InChI is InChI=1S/C27H29N2OP/c1-19(2)25-18-30-26(28-25)24-17-20-11-9-10-16-23(20)27(29-24)31(21-12-5-3-6-13-21)22-14-7-4-8-15-22/h3-16,19,24-25,27,29H,17-18H2,1-2H3/t24-,25-,27?/m0/s1. The second kappa shape index (κ2) is 8.94. The molecule has 5 rings (SSSR count). The molecular formula is C27H29N2OP. The molecule has 0 saturated carbocycles. The van der Waals surface area contributed by atoms with Crippen LogP contribution < -0.4 is 15.9 Å². The van der Waals surface area contributed by atoms with Crippen molar-refractivity contribution in [3.8, 4) is 0 Å².